The molecule has 1 aliphatic rings. The minimum atomic E-state index is -1.07. The first-order valence-corrected chi connectivity index (χ1v) is 8.07. The minimum absolute atomic E-state index is 0.255. The summed E-state index contributed by atoms with van der Waals surface area (Å²) in [5.41, 5.74) is 8.66. The van der Waals surface area contributed by atoms with Crippen molar-refractivity contribution < 1.29 is 13.9 Å². The Balaban J connectivity index is 1.73. The number of nitrogens with two attached hydrogens (primary N) is 1. The number of nitrogens with one attached hydrogen (secondary N) is 1. The van der Waals surface area contributed by atoms with E-state index in [2.05, 4.69) is 20.5 Å². The van der Waals surface area contributed by atoms with Crippen LogP contribution >= 0.6 is 0 Å². The molecule has 1 aromatic carbocycles. The van der Waals surface area contributed by atoms with Gasteiger partial charge < -0.3 is 15.8 Å². The SMILES string of the molecule is COc1ccncc1-c1cc(N)c2nnc(NC(=O)[C@@H]3C[C@@H]3F)cc2c1. The molecule has 1 amide bonds. The molecule has 2 atom stereocenters. The Kier molecular flexibility index (Phi) is 3.87. The molecule has 1 saturated carbocycles. The number of pyridine rings is 1. The maximum absolute atomic E-state index is 13.0. The van der Waals surface area contributed by atoms with E-state index in [1.54, 1.807) is 37.7 Å². The van der Waals surface area contributed by atoms with Crippen molar-refractivity contribution in [1.29, 1.82) is 0 Å². The third-order valence-electron chi connectivity index (χ3n) is 4.33. The molecule has 26 heavy (non-hydrogen) atoms. The first-order chi connectivity index (χ1) is 12.6. The first-order valence-electron chi connectivity index (χ1n) is 8.07. The van der Waals surface area contributed by atoms with Gasteiger partial charge in [-0.1, -0.05) is 0 Å². The molecule has 1 aliphatic carbocycles. The Morgan fingerprint density at radius 1 is 1.35 bits per heavy atom. The van der Waals surface area contributed by atoms with Crippen LogP contribution in [0.25, 0.3) is 22.0 Å². The summed E-state index contributed by atoms with van der Waals surface area (Å²) in [7, 11) is 1.58. The second-order valence-corrected chi connectivity index (χ2v) is 6.16. The van der Waals surface area contributed by atoms with Crippen molar-refractivity contribution >= 4 is 28.3 Å². The molecule has 0 unspecified atom stereocenters. The monoisotopic (exact) mass is 353 g/mol. The van der Waals surface area contributed by atoms with Gasteiger partial charge in [-0.2, -0.15) is 0 Å². The summed E-state index contributed by atoms with van der Waals surface area (Å²) in [6.07, 6.45) is 2.52. The third kappa shape index (κ3) is 2.90. The van der Waals surface area contributed by atoms with Gasteiger partial charge in [-0.25, -0.2) is 4.39 Å². The molecule has 7 nitrogen and oxygen atoms in total. The molecule has 3 aromatic rings. The lowest BCUT2D eigenvalue weighted by Crippen LogP contribution is -2.16. The zero-order valence-electron chi connectivity index (χ0n) is 13.9. The fourth-order valence-corrected chi connectivity index (χ4v) is 2.83. The molecule has 132 valence electrons. The highest BCUT2D eigenvalue weighted by Gasteiger charge is 2.43. The molecule has 2 heterocycles. The Labute approximate surface area is 148 Å². The maximum Gasteiger partial charge on any atom is 0.231 e. The number of fused-ring (bicyclic) bond motifs is 1. The lowest BCUT2D eigenvalue weighted by atomic mass is 10.0. The number of hydrogen-bond donors (Lipinski definition) is 2. The molecule has 4 rings (SSSR count). The van der Waals surface area contributed by atoms with E-state index in [4.69, 9.17) is 10.5 Å². The van der Waals surface area contributed by atoms with Gasteiger partial charge in [-0.15, -0.1) is 10.2 Å². The van der Waals surface area contributed by atoms with Crippen LogP contribution in [-0.4, -0.2) is 34.4 Å². The number of halogens is 1. The summed E-state index contributed by atoms with van der Waals surface area (Å²) in [4.78, 5) is 16.0. The number of ether oxygens (including phenoxy) is 1. The average Bonchev–Trinajstić information content (AvgIpc) is 3.38. The number of hydrogen-bond acceptors (Lipinski definition) is 6. The number of nitrogen functional groups attached to an aromatic ring is 1. The number of amides is 1. The minimum Gasteiger partial charge on any atom is -0.496 e. The molecular weight excluding hydrogens is 337 g/mol. The Morgan fingerprint density at radius 3 is 2.88 bits per heavy atom. The molecule has 1 fully saturated rings. The number of aromatic nitrogens is 3. The highest BCUT2D eigenvalue weighted by molar-refractivity contribution is 5.98. The van der Waals surface area contributed by atoms with E-state index >= 15 is 0 Å². The lowest BCUT2D eigenvalue weighted by Gasteiger charge is -2.11. The molecule has 8 heteroatoms. The normalized spacial score (nSPS) is 18.5. The van der Waals surface area contributed by atoms with Gasteiger partial charge in [0.15, 0.2) is 5.82 Å². The van der Waals surface area contributed by atoms with E-state index in [1.165, 1.54) is 0 Å². The molecule has 3 N–H and O–H groups in total. The van der Waals surface area contributed by atoms with E-state index in [0.29, 0.717) is 22.3 Å². The number of carbonyl (C=O) groups is 1. The molecule has 0 spiro atoms. The maximum atomic E-state index is 13.0. The fraction of sp³-hybridized carbons (Fsp3) is 0.222. The first kappa shape index (κ1) is 16.2. The Hall–Kier alpha value is -3.29. The van der Waals surface area contributed by atoms with Gasteiger partial charge in [-0.05, 0) is 36.2 Å². The van der Waals surface area contributed by atoms with Crippen molar-refractivity contribution in [3.63, 3.8) is 0 Å². The van der Waals surface area contributed by atoms with E-state index in [9.17, 15) is 9.18 Å². The largest absolute Gasteiger partial charge is 0.496 e. The predicted octanol–water partition coefficient (Wildman–Crippen LogP) is 2.58. The van der Waals surface area contributed by atoms with E-state index < -0.39 is 12.1 Å². The van der Waals surface area contributed by atoms with Gasteiger partial charge in [0.25, 0.3) is 0 Å². The summed E-state index contributed by atoms with van der Waals surface area (Å²) >= 11 is 0. The van der Waals surface area contributed by atoms with Gasteiger partial charge in [0.2, 0.25) is 5.91 Å². The van der Waals surface area contributed by atoms with Crippen molar-refractivity contribution in [2.24, 2.45) is 5.92 Å². The predicted molar refractivity (Wildman–Crippen MR) is 95.4 cm³/mol. The van der Waals surface area contributed by atoms with Crippen LogP contribution in [0.3, 0.4) is 0 Å². The third-order valence-corrected chi connectivity index (χ3v) is 4.33. The highest BCUT2D eigenvalue weighted by atomic mass is 19.1. The smallest absolute Gasteiger partial charge is 0.231 e. The molecule has 2 aromatic heterocycles. The number of benzene rings is 1. The van der Waals surface area contributed by atoms with Crippen molar-refractivity contribution in [2.75, 3.05) is 18.2 Å². The molecule has 0 bridgehead atoms. The lowest BCUT2D eigenvalue weighted by molar-refractivity contribution is -0.117. The van der Waals surface area contributed by atoms with Gasteiger partial charge in [0.1, 0.15) is 17.4 Å². The summed E-state index contributed by atoms with van der Waals surface area (Å²) in [5, 5.41) is 11.3. The Morgan fingerprint density at radius 2 is 2.15 bits per heavy atom. The highest BCUT2D eigenvalue weighted by Crippen LogP contribution is 2.35. The van der Waals surface area contributed by atoms with E-state index in [1.807, 2.05) is 6.07 Å². The number of carbonyl (C=O) groups excluding carboxylic acids is 1. The summed E-state index contributed by atoms with van der Waals surface area (Å²) in [6.45, 7) is 0. The standard InChI is InChI=1S/C18H16FN5O2/c1-26-15-2-3-21-8-12(15)9-4-10-6-16(22-18(25)11-7-13(11)19)23-24-17(10)14(20)5-9/h2-6,8,11,13H,7,20H2,1H3,(H,22,23,25)/t11-,13+/m1/s1. The topological polar surface area (TPSA) is 103 Å². The van der Waals surface area contributed by atoms with Crippen LogP contribution < -0.4 is 15.8 Å². The number of anilines is 2. The van der Waals surface area contributed by atoms with E-state index in [0.717, 1.165) is 11.1 Å². The molecular formula is C18H16FN5O2. The zero-order chi connectivity index (χ0) is 18.3. The molecule has 0 aliphatic heterocycles. The quantitative estimate of drug-likeness (QED) is 0.699. The Bertz CT molecular complexity index is 1010. The number of alkyl halides is 1. The van der Waals surface area contributed by atoms with Gasteiger partial charge in [-0.3, -0.25) is 9.78 Å². The average molecular weight is 353 g/mol. The van der Waals surface area contributed by atoms with Crippen molar-refractivity contribution in [3.05, 3.63) is 36.7 Å². The van der Waals surface area contributed by atoms with Crippen molar-refractivity contribution in [1.82, 2.24) is 15.2 Å². The summed E-state index contributed by atoms with van der Waals surface area (Å²) in [6, 6.07) is 7.06. The van der Waals surface area contributed by atoms with Crippen LogP contribution in [0.15, 0.2) is 36.7 Å². The second-order valence-electron chi connectivity index (χ2n) is 6.16. The zero-order valence-corrected chi connectivity index (χ0v) is 13.9. The van der Waals surface area contributed by atoms with Crippen molar-refractivity contribution in [3.8, 4) is 16.9 Å². The number of rotatable bonds is 4. The van der Waals surface area contributed by atoms with Crippen LogP contribution in [0.1, 0.15) is 6.42 Å². The molecule has 0 radical (unpaired) electrons. The van der Waals surface area contributed by atoms with Crippen molar-refractivity contribution in [2.45, 2.75) is 12.6 Å². The second kappa shape index (κ2) is 6.21. The van der Waals surface area contributed by atoms with Crippen LogP contribution in [0.5, 0.6) is 5.75 Å². The van der Waals surface area contributed by atoms with Crippen LogP contribution in [-0.2, 0) is 4.79 Å². The van der Waals surface area contributed by atoms with Gasteiger partial charge in [0.05, 0.1) is 18.7 Å². The van der Waals surface area contributed by atoms with Crippen LogP contribution in [0.2, 0.25) is 0 Å². The molecule has 0 saturated heterocycles. The number of nitrogens with zero attached hydrogens (tertiary/aromatic N) is 3. The summed E-state index contributed by atoms with van der Waals surface area (Å²) in [5.74, 6) is -0.0546. The van der Waals surface area contributed by atoms with Gasteiger partial charge >= 0.3 is 0 Å². The summed E-state index contributed by atoms with van der Waals surface area (Å²) < 4.78 is 18.4. The van der Waals surface area contributed by atoms with E-state index in [-0.39, 0.29) is 18.1 Å². The van der Waals surface area contributed by atoms with Gasteiger partial charge in [0, 0.05) is 23.3 Å². The van der Waals surface area contributed by atoms with Crippen LogP contribution in [0.4, 0.5) is 15.9 Å². The van der Waals surface area contributed by atoms with Crippen LogP contribution in [0, 0.1) is 5.92 Å². The fourth-order valence-electron chi connectivity index (χ4n) is 2.83. The number of methoxy groups -OCH3 is 1.